The number of carbonyl (C=O) groups is 2. The number of benzene rings is 2. The Balaban J connectivity index is 2.16. The van der Waals surface area contributed by atoms with Gasteiger partial charge < -0.3 is 10.6 Å². The second-order valence-electron chi connectivity index (χ2n) is 5.06. The van der Waals surface area contributed by atoms with Crippen molar-refractivity contribution in [3.8, 4) is 0 Å². The monoisotopic (exact) mass is 390 g/mol. The van der Waals surface area contributed by atoms with Crippen molar-refractivity contribution in [1.82, 2.24) is 0 Å². The van der Waals surface area contributed by atoms with Crippen molar-refractivity contribution in [1.29, 1.82) is 0 Å². The van der Waals surface area contributed by atoms with Gasteiger partial charge in [0, 0.05) is 10.7 Å². The number of anilines is 2. The van der Waals surface area contributed by atoms with E-state index in [1.54, 1.807) is 19.1 Å². The lowest BCUT2D eigenvalue weighted by molar-refractivity contribution is -0.137. The number of nitrogens with one attached hydrogen (secondary N) is 2. The molecule has 2 rings (SSSR count). The molecule has 25 heavy (non-hydrogen) atoms. The van der Waals surface area contributed by atoms with Gasteiger partial charge in [-0.05, 0) is 42.8 Å². The number of hydrogen-bond donors (Lipinski definition) is 2. The van der Waals surface area contributed by atoms with Gasteiger partial charge in [0.25, 0.3) is 0 Å². The maximum atomic E-state index is 12.7. The summed E-state index contributed by atoms with van der Waals surface area (Å²) in [5, 5.41) is 4.61. The highest BCUT2D eigenvalue weighted by Gasteiger charge is 2.31. The summed E-state index contributed by atoms with van der Waals surface area (Å²) in [6.07, 6.45) is -4.61. The lowest BCUT2D eigenvalue weighted by atomic mass is 10.2. The van der Waals surface area contributed by atoms with Crippen LogP contribution in [0.2, 0.25) is 10.0 Å². The van der Waals surface area contributed by atoms with E-state index in [1.807, 2.05) is 0 Å². The number of halogens is 5. The fourth-order valence-corrected chi connectivity index (χ4v) is 2.22. The molecule has 2 amide bonds. The number of rotatable bonds is 2. The van der Waals surface area contributed by atoms with Crippen molar-refractivity contribution < 1.29 is 22.8 Å². The maximum absolute atomic E-state index is 12.7. The molecule has 0 atom stereocenters. The molecule has 0 saturated carbocycles. The molecule has 0 bridgehead atoms. The van der Waals surface area contributed by atoms with Crippen LogP contribution in [-0.2, 0) is 15.8 Å². The summed E-state index contributed by atoms with van der Waals surface area (Å²) in [6, 6.07) is 7.10. The molecular weight excluding hydrogens is 380 g/mol. The highest BCUT2D eigenvalue weighted by molar-refractivity contribution is 6.45. The van der Waals surface area contributed by atoms with Crippen LogP contribution >= 0.6 is 23.2 Å². The van der Waals surface area contributed by atoms with E-state index in [9.17, 15) is 22.8 Å². The number of amides is 2. The highest BCUT2D eigenvalue weighted by atomic mass is 35.5. The summed E-state index contributed by atoms with van der Waals surface area (Å²) in [5.74, 6) is -2.24. The first-order valence-corrected chi connectivity index (χ1v) is 7.59. The van der Waals surface area contributed by atoms with Crippen LogP contribution in [0.3, 0.4) is 0 Å². The van der Waals surface area contributed by atoms with Crippen molar-refractivity contribution in [2.75, 3.05) is 10.6 Å². The lowest BCUT2D eigenvalue weighted by Crippen LogP contribution is -2.29. The first-order chi connectivity index (χ1) is 11.6. The Hall–Kier alpha value is -2.25. The second kappa shape index (κ2) is 7.33. The Morgan fingerprint density at radius 2 is 1.52 bits per heavy atom. The van der Waals surface area contributed by atoms with E-state index in [-0.39, 0.29) is 10.7 Å². The molecule has 0 unspecified atom stereocenters. The van der Waals surface area contributed by atoms with Gasteiger partial charge in [-0.25, -0.2) is 0 Å². The zero-order valence-corrected chi connectivity index (χ0v) is 14.2. The maximum Gasteiger partial charge on any atom is 0.416 e. The quantitative estimate of drug-likeness (QED) is 0.716. The summed E-state index contributed by atoms with van der Waals surface area (Å²) in [6.45, 7) is 1.69. The Morgan fingerprint density at radius 3 is 2.12 bits per heavy atom. The lowest BCUT2D eigenvalue weighted by Gasteiger charge is -2.12. The Morgan fingerprint density at radius 1 is 0.920 bits per heavy atom. The van der Waals surface area contributed by atoms with E-state index in [2.05, 4.69) is 10.6 Å². The molecule has 0 aliphatic heterocycles. The van der Waals surface area contributed by atoms with Crippen LogP contribution in [-0.4, -0.2) is 11.8 Å². The predicted molar refractivity (Wildman–Crippen MR) is 89.9 cm³/mol. The Bertz CT molecular complexity index is 839. The molecule has 0 heterocycles. The third kappa shape index (κ3) is 4.87. The molecule has 0 aliphatic carbocycles. The molecular formula is C16H11Cl2F3N2O2. The average molecular weight is 391 g/mol. The zero-order chi connectivity index (χ0) is 18.8. The number of hydrogen-bond acceptors (Lipinski definition) is 2. The summed E-state index contributed by atoms with van der Waals surface area (Å²) in [7, 11) is 0. The molecule has 0 aliphatic rings. The van der Waals surface area contributed by atoms with Gasteiger partial charge in [0.1, 0.15) is 0 Å². The van der Waals surface area contributed by atoms with Crippen LogP contribution < -0.4 is 10.6 Å². The van der Waals surface area contributed by atoms with Crippen molar-refractivity contribution in [3.05, 3.63) is 57.6 Å². The zero-order valence-electron chi connectivity index (χ0n) is 12.7. The summed E-state index contributed by atoms with van der Waals surface area (Å²) >= 11 is 11.6. The van der Waals surface area contributed by atoms with Crippen molar-refractivity contribution in [3.63, 3.8) is 0 Å². The standard InChI is InChI=1S/C16H11Cl2F3N2O2/c1-8-2-4-10(17)7-12(8)22-14(24)15(25)23-13-6-9(16(19,20)21)3-5-11(13)18/h2-7H,1H3,(H,22,24)(H,23,25). The fraction of sp³-hybridized carbons (Fsp3) is 0.125. The van der Waals surface area contributed by atoms with Crippen molar-refractivity contribution in [2.45, 2.75) is 13.1 Å². The van der Waals surface area contributed by atoms with Crippen LogP contribution in [0.15, 0.2) is 36.4 Å². The molecule has 0 aromatic heterocycles. The molecule has 132 valence electrons. The van der Waals surface area contributed by atoms with Gasteiger partial charge in [0.15, 0.2) is 0 Å². The first kappa shape index (κ1) is 19.1. The normalized spacial score (nSPS) is 11.1. The van der Waals surface area contributed by atoms with E-state index in [0.29, 0.717) is 22.3 Å². The largest absolute Gasteiger partial charge is 0.416 e. The molecule has 2 aromatic rings. The molecule has 0 spiro atoms. The van der Waals surface area contributed by atoms with E-state index in [1.165, 1.54) is 6.07 Å². The van der Waals surface area contributed by atoms with E-state index >= 15 is 0 Å². The SMILES string of the molecule is Cc1ccc(Cl)cc1NC(=O)C(=O)Nc1cc(C(F)(F)F)ccc1Cl. The third-order valence-corrected chi connectivity index (χ3v) is 3.76. The Kier molecular flexibility index (Phi) is 5.59. The molecule has 0 saturated heterocycles. The van der Waals surface area contributed by atoms with Gasteiger partial charge in [-0.15, -0.1) is 0 Å². The minimum atomic E-state index is -4.61. The molecule has 9 heteroatoms. The smallest absolute Gasteiger partial charge is 0.317 e. The highest BCUT2D eigenvalue weighted by Crippen LogP contribution is 2.33. The minimum absolute atomic E-state index is 0.131. The van der Waals surface area contributed by atoms with Gasteiger partial charge in [0.2, 0.25) is 0 Å². The summed E-state index contributed by atoms with van der Waals surface area (Å²) in [5.41, 5.74) is -0.358. The Labute approximate surface area is 150 Å². The van der Waals surface area contributed by atoms with Gasteiger partial charge in [-0.1, -0.05) is 29.3 Å². The molecule has 2 N–H and O–H groups in total. The van der Waals surface area contributed by atoms with E-state index < -0.39 is 23.6 Å². The van der Waals surface area contributed by atoms with Crippen LogP contribution in [0.1, 0.15) is 11.1 Å². The van der Waals surface area contributed by atoms with Crippen molar-refractivity contribution >= 4 is 46.4 Å². The van der Waals surface area contributed by atoms with E-state index in [4.69, 9.17) is 23.2 Å². The molecule has 0 fully saturated rings. The third-order valence-electron chi connectivity index (χ3n) is 3.20. The van der Waals surface area contributed by atoms with Crippen LogP contribution in [0, 0.1) is 6.92 Å². The number of aryl methyl sites for hydroxylation is 1. The van der Waals surface area contributed by atoms with Gasteiger partial charge in [-0.3, -0.25) is 9.59 Å². The molecule has 4 nitrogen and oxygen atoms in total. The first-order valence-electron chi connectivity index (χ1n) is 6.83. The minimum Gasteiger partial charge on any atom is -0.317 e. The van der Waals surface area contributed by atoms with Crippen molar-refractivity contribution in [2.24, 2.45) is 0 Å². The van der Waals surface area contributed by atoms with Gasteiger partial charge in [0.05, 0.1) is 16.3 Å². The van der Waals surface area contributed by atoms with Crippen LogP contribution in [0.25, 0.3) is 0 Å². The summed E-state index contributed by atoms with van der Waals surface area (Å²) < 4.78 is 38.2. The second-order valence-corrected chi connectivity index (χ2v) is 5.90. The predicted octanol–water partition coefficient (Wildman–Crippen LogP) is 4.90. The van der Waals surface area contributed by atoms with Crippen LogP contribution in [0.5, 0.6) is 0 Å². The molecule has 2 aromatic carbocycles. The van der Waals surface area contributed by atoms with Gasteiger partial charge in [-0.2, -0.15) is 13.2 Å². The van der Waals surface area contributed by atoms with E-state index in [0.717, 1.165) is 12.1 Å². The average Bonchev–Trinajstić information content (AvgIpc) is 2.51. The number of carbonyl (C=O) groups excluding carboxylic acids is 2. The molecule has 0 radical (unpaired) electrons. The topological polar surface area (TPSA) is 58.2 Å². The summed E-state index contributed by atoms with van der Waals surface area (Å²) in [4.78, 5) is 23.9. The fourth-order valence-electron chi connectivity index (χ4n) is 1.88. The number of alkyl halides is 3. The van der Waals surface area contributed by atoms with Crippen LogP contribution in [0.4, 0.5) is 24.5 Å². The van der Waals surface area contributed by atoms with Gasteiger partial charge >= 0.3 is 18.0 Å².